The maximum absolute atomic E-state index is 13.7. The van der Waals surface area contributed by atoms with E-state index in [-0.39, 0.29) is 12.2 Å². The highest BCUT2D eigenvalue weighted by atomic mass is 19.4. The van der Waals surface area contributed by atoms with Crippen LogP contribution in [0.4, 0.5) is 33.7 Å². The van der Waals surface area contributed by atoms with Gasteiger partial charge >= 0.3 is 12.2 Å². The second kappa shape index (κ2) is 10.8. The van der Waals surface area contributed by atoms with E-state index in [0.29, 0.717) is 35.8 Å². The molecule has 1 saturated carbocycles. The number of amides is 2. The predicted octanol–water partition coefficient (Wildman–Crippen LogP) is 6.42. The van der Waals surface area contributed by atoms with Crippen LogP contribution in [0.1, 0.15) is 24.0 Å². The number of benzene rings is 3. The van der Waals surface area contributed by atoms with Gasteiger partial charge < -0.3 is 10.6 Å². The van der Waals surface area contributed by atoms with Gasteiger partial charge in [-0.1, -0.05) is 24.3 Å². The molecular weight excluding hydrogens is 472 g/mol. The number of nitrogens with one attached hydrogen (secondary N) is 2. The van der Waals surface area contributed by atoms with Gasteiger partial charge in [0.05, 0.1) is 17.2 Å². The minimum absolute atomic E-state index is 0.158. The van der Waals surface area contributed by atoms with E-state index in [0.717, 1.165) is 23.7 Å². The molecule has 3 aromatic carbocycles. The van der Waals surface area contributed by atoms with E-state index in [1.807, 2.05) is 18.2 Å². The van der Waals surface area contributed by atoms with E-state index in [4.69, 9.17) is 5.26 Å². The van der Waals surface area contributed by atoms with Gasteiger partial charge in [0.15, 0.2) is 0 Å². The molecule has 9 heteroatoms. The van der Waals surface area contributed by atoms with Crippen molar-refractivity contribution in [2.75, 3.05) is 29.9 Å². The lowest BCUT2D eigenvalue weighted by Crippen LogP contribution is -2.40. The Kier molecular flexibility index (Phi) is 7.55. The number of nitriles is 1. The quantitative estimate of drug-likeness (QED) is 0.279. The molecule has 0 spiro atoms. The SMILES string of the molecule is N#Cc1cccc(-c2ccc(N(CCNCC3CC3)C(=O)Nc3ccc(F)c(C(F)(F)F)c3)cc2)c1. The van der Waals surface area contributed by atoms with Gasteiger partial charge in [0.1, 0.15) is 5.82 Å². The fourth-order valence-corrected chi connectivity index (χ4v) is 3.78. The second-order valence-corrected chi connectivity index (χ2v) is 8.66. The summed E-state index contributed by atoms with van der Waals surface area (Å²) in [7, 11) is 0. The van der Waals surface area contributed by atoms with Crippen molar-refractivity contribution in [3.8, 4) is 17.2 Å². The van der Waals surface area contributed by atoms with Gasteiger partial charge in [0, 0.05) is 24.5 Å². The summed E-state index contributed by atoms with van der Waals surface area (Å²) >= 11 is 0. The Morgan fingerprint density at radius 1 is 1.03 bits per heavy atom. The Labute approximate surface area is 206 Å². The smallest absolute Gasteiger partial charge is 0.315 e. The van der Waals surface area contributed by atoms with Gasteiger partial charge in [-0.15, -0.1) is 0 Å². The van der Waals surface area contributed by atoms with Crippen molar-refractivity contribution in [1.29, 1.82) is 5.26 Å². The minimum Gasteiger partial charge on any atom is -0.315 e. The summed E-state index contributed by atoms with van der Waals surface area (Å²) in [5.41, 5.74) is 1.15. The van der Waals surface area contributed by atoms with Crippen LogP contribution in [0.2, 0.25) is 0 Å². The largest absolute Gasteiger partial charge is 0.419 e. The summed E-state index contributed by atoms with van der Waals surface area (Å²) < 4.78 is 53.0. The van der Waals surface area contributed by atoms with Crippen LogP contribution in [0.5, 0.6) is 0 Å². The van der Waals surface area contributed by atoms with E-state index in [1.165, 1.54) is 17.7 Å². The highest BCUT2D eigenvalue weighted by Crippen LogP contribution is 2.33. The molecule has 5 nitrogen and oxygen atoms in total. The molecule has 4 rings (SSSR count). The molecule has 0 atom stereocenters. The Hall–Kier alpha value is -3.90. The number of hydrogen-bond acceptors (Lipinski definition) is 3. The van der Waals surface area contributed by atoms with E-state index < -0.39 is 23.6 Å². The average molecular weight is 497 g/mol. The third kappa shape index (κ3) is 6.40. The first-order valence-corrected chi connectivity index (χ1v) is 11.5. The number of rotatable bonds is 8. The number of alkyl halides is 3. The molecule has 1 aliphatic carbocycles. The molecule has 2 N–H and O–H groups in total. The first-order chi connectivity index (χ1) is 17.2. The monoisotopic (exact) mass is 496 g/mol. The molecule has 0 aromatic heterocycles. The Morgan fingerprint density at radius 3 is 2.44 bits per heavy atom. The van der Waals surface area contributed by atoms with Crippen LogP contribution in [0, 0.1) is 23.1 Å². The van der Waals surface area contributed by atoms with Crippen molar-refractivity contribution in [1.82, 2.24) is 5.32 Å². The molecule has 1 aliphatic rings. The second-order valence-electron chi connectivity index (χ2n) is 8.66. The molecule has 0 saturated heterocycles. The maximum Gasteiger partial charge on any atom is 0.419 e. The summed E-state index contributed by atoms with van der Waals surface area (Å²) in [5.74, 6) is -0.756. The van der Waals surface area contributed by atoms with Crippen molar-refractivity contribution in [2.45, 2.75) is 19.0 Å². The Bertz CT molecular complexity index is 1260. The zero-order valence-corrected chi connectivity index (χ0v) is 19.3. The van der Waals surface area contributed by atoms with E-state index in [1.54, 1.807) is 30.3 Å². The molecule has 2 amide bonds. The number of hydrogen-bond donors (Lipinski definition) is 2. The fourth-order valence-electron chi connectivity index (χ4n) is 3.78. The predicted molar refractivity (Wildman–Crippen MR) is 130 cm³/mol. The van der Waals surface area contributed by atoms with Gasteiger partial charge in [-0.05, 0) is 78.9 Å². The number of carbonyl (C=O) groups is 1. The average Bonchev–Trinajstić information content (AvgIpc) is 3.69. The van der Waals surface area contributed by atoms with Crippen LogP contribution in [-0.2, 0) is 6.18 Å². The fraction of sp³-hybridized carbons (Fsp3) is 0.259. The topological polar surface area (TPSA) is 68.2 Å². The van der Waals surface area contributed by atoms with Crippen LogP contribution < -0.4 is 15.5 Å². The lowest BCUT2D eigenvalue weighted by molar-refractivity contribution is -0.139. The molecule has 0 aliphatic heterocycles. The summed E-state index contributed by atoms with van der Waals surface area (Å²) in [6, 6.07) is 18.0. The van der Waals surface area contributed by atoms with Crippen molar-refractivity contribution in [3.63, 3.8) is 0 Å². The normalized spacial score (nSPS) is 13.2. The molecule has 36 heavy (non-hydrogen) atoms. The molecular formula is C27H24F4N4O. The van der Waals surface area contributed by atoms with Gasteiger partial charge in [0.2, 0.25) is 0 Å². The third-order valence-electron chi connectivity index (χ3n) is 5.91. The molecule has 0 radical (unpaired) electrons. The number of nitrogens with zero attached hydrogens (tertiary/aromatic N) is 2. The third-order valence-corrected chi connectivity index (χ3v) is 5.91. The van der Waals surface area contributed by atoms with Crippen molar-refractivity contribution in [2.24, 2.45) is 5.92 Å². The lowest BCUT2D eigenvalue weighted by atomic mass is 10.0. The van der Waals surface area contributed by atoms with Gasteiger partial charge in [0.25, 0.3) is 0 Å². The van der Waals surface area contributed by atoms with Crippen LogP contribution in [0.3, 0.4) is 0 Å². The number of halogens is 4. The minimum atomic E-state index is -4.88. The summed E-state index contributed by atoms with van der Waals surface area (Å²) in [6.07, 6.45) is -2.52. The molecule has 0 unspecified atom stereocenters. The zero-order chi connectivity index (χ0) is 25.7. The number of anilines is 2. The molecule has 3 aromatic rings. The van der Waals surface area contributed by atoms with Crippen molar-refractivity contribution < 1.29 is 22.4 Å². The standard InChI is InChI=1S/C27H24F4N4O/c28-25-11-8-22(15-24(25)27(29,30)31)34-26(36)35(13-12-33-17-18-4-5-18)23-9-6-20(7-10-23)21-3-1-2-19(14-21)16-32/h1-3,6-11,14-15,18,33H,4-5,12-13,17H2,(H,34,36). The van der Waals surface area contributed by atoms with Gasteiger partial charge in [-0.25, -0.2) is 9.18 Å². The summed E-state index contributed by atoms with van der Waals surface area (Å²) in [4.78, 5) is 14.5. The van der Waals surface area contributed by atoms with E-state index in [9.17, 15) is 22.4 Å². The van der Waals surface area contributed by atoms with Crippen LogP contribution in [0.25, 0.3) is 11.1 Å². The highest BCUT2D eigenvalue weighted by molar-refractivity contribution is 6.02. The summed E-state index contributed by atoms with van der Waals surface area (Å²) in [6.45, 7) is 1.61. The first kappa shape index (κ1) is 25.2. The van der Waals surface area contributed by atoms with Crippen LogP contribution >= 0.6 is 0 Å². The summed E-state index contributed by atoms with van der Waals surface area (Å²) in [5, 5.41) is 14.9. The molecule has 0 heterocycles. The van der Waals surface area contributed by atoms with Gasteiger partial charge in [-0.2, -0.15) is 18.4 Å². The number of urea groups is 1. The molecule has 0 bridgehead atoms. The maximum atomic E-state index is 13.7. The number of carbonyl (C=O) groups excluding carboxylic acids is 1. The van der Waals surface area contributed by atoms with Crippen LogP contribution in [-0.4, -0.2) is 25.7 Å². The lowest BCUT2D eigenvalue weighted by Gasteiger charge is -2.24. The Morgan fingerprint density at radius 2 is 1.78 bits per heavy atom. The molecule has 1 fully saturated rings. The van der Waals surface area contributed by atoms with Crippen molar-refractivity contribution >= 4 is 17.4 Å². The van der Waals surface area contributed by atoms with Crippen LogP contribution in [0.15, 0.2) is 66.7 Å². The first-order valence-electron chi connectivity index (χ1n) is 11.5. The van der Waals surface area contributed by atoms with E-state index in [2.05, 4.69) is 16.7 Å². The van der Waals surface area contributed by atoms with Crippen molar-refractivity contribution in [3.05, 3.63) is 83.7 Å². The van der Waals surface area contributed by atoms with Gasteiger partial charge in [-0.3, -0.25) is 4.90 Å². The highest BCUT2D eigenvalue weighted by Gasteiger charge is 2.34. The Balaban J connectivity index is 1.54. The van der Waals surface area contributed by atoms with E-state index >= 15 is 0 Å². The molecule has 186 valence electrons. The zero-order valence-electron chi connectivity index (χ0n) is 19.3.